The maximum atomic E-state index is 12.9. The fourth-order valence-electron chi connectivity index (χ4n) is 3.00. The quantitative estimate of drug-likeness (QED) is 0.418. The van der Waals surface area contributed by atoms with Crippen molar-refractivity contribution in [3.8, 4) is 5.75 Å². The van der Waals surface area contributed by atoms with Crippen molar-refractivity contribution in [1.82, 2.24) is 0 Å². The summed E-state index contributed by atoms with van der Waals surface area (Å²) in [5.41, 5.74) is 0.749. The number of hydrogen-bond donors (Lipinski definition) is 3. The van der Waals surface area contributed by atoms with Crippen LogP contribution in [0.25, 0.3) is 0 Å². The zero-order valence-corrected chi connectivity index (χ0v) is 20.6. The van der Waals surface area contributed by atoms with Crippen LogP contribution in [-0.2, 0) is 14.8 Å². The van der Waals surface area contributed by atoms with E-state index in [1.807, 2.05) is 0 Å². The summed E-state index contributed by atoms with van der Waals surface area (Å²) in [5, 5.41) is 5.27. The molecule has 0 heterocycles. The number of amides is 2. The van der Waals surface area contributed by atoms with E-state index in [-0.39, 0.29) is 4.90 Å². The van der Waals surface area contributed by atoms with Crippen LogP contribution in [0.15, 0.2) is 77.7 Å². The molecular weight excluding hydrogens is 470 g/mol. The highest BCUT2D eigenvalue weighted by Crippen LogP contribution is 2.27. The number of hydrogen-bond acceptors (Lipinski definition) is 6. The molecule has 10 heteroatoms. The molecule has 0 saturated heterocycles. The van der Waals surface area contributed by atoms with Crippen molar-refractivity contribution in [3.05, 3.63) is 78.4 Å². The maximum absolute atomic E-state index is 12.9. The van der Waals surface area contributed by atoms with E-state index in [4.69, 9.17) is 9.47 Å². The molecule has 0 radical (unpaired) electrons. The molecule has 0 atom stereocenters. The normalized spacial score (nSPS) is 11.3. The minimum Gasteiger partial charge on any atom is -0.495 e. The molecule has 35 heavy (non-hydrogen) atoms. The summed E-state index contributed by atoms with van der Waals surface area (Å²) in [6.45, 7) is 5.28. The largest absolute Gasteiger partial charge is 0.495 e. The van der Waals surface area contributed by atoms with Crippen LogP contribution in [0.2, 0.25) is 0 Å². The van der Waals surface area contributed by atoms with Gasteiger partial charge in [-0.15, -0.1) is 0 Å². The summed E-state index contributed by atoms with van der Waals surface area (Å²) in [4.78, 5) is 24.5. The number of rotatable bonds is 7. The third-order valence-electron chi connectivity index (χ3n) is 4.55. The van der Waals surface area contributed by atoms with Crippen molar-refractivity contribution in [2.45, 2.75) is 31.3 Å². The summed E-state index contributed by atoms with van der Waals surface area (Å²) in [5.74, 6) is -0.0637. The number of carbonyl (C=O) groups excluding carboxylic acids is 2. The topological polar surface area (TPSA) is 123 Å². The van der Waals surface area contributed by atoms with Gasteiger partial charge < -0.3 is 14.8 Å². The molecule has 0 spiro atoms. The van der Waals surface area contributed by atoms with Gasteiger partial charge >= 0.3 is 6.09 Å². The average Bonchev–Trinajstić information content (AvgIpc) is 2.78. The molecule has 0 bridgehead atoms. The number of para-hydroxylation sites is 2. The molecule has 0 aromatic heterocycles. The van der Waals surface area contributed by atoms with E-state index < -0.39 is 27.6 Å². The van der Waals surface area contributed by atoms with E-state index in [1.54, 1.807) is 63.2 Å². The molecule has 0 saturated carbocycles. The molecular formula is C25H27N3O6S. The van der Waals surface area contributed by atoms with E-state index >= 15 is 0 Å². The Hall–Kier alpha value is -4.05. The minimum atomic E-state index is -3.93. The number of benzene rings is 3. The Kier molecular flexibility index (Phi) is 7.65. The molecule has 3 rings (SSSR count). The van der Waals surface area contributed by atoms with Crippen molar-refractivity contribution < 1.29 is 27.5 Å². The molecule has 3 aromatic carbocycles. The summed E-state index contributed by atoms with van der Waals surface area (Å²) < 4.78 is 38.6. The highest BCUT2D eigenvalue weighted by molar-refractivity contribution is 7.92. The van der Waals surface area contributed by atoms with Crippen LogP contribution in [0.4, 0.5) is 21.9 Å². The second kappa shape index (κ2) is 10.5. The molecule has 0 aliphatic carbocycles. The number of carbonyl (C=O) groups is 2. The Morgan fingerprint density at radius 3 is 2.17 bits per heavy atom. The summed E-state index contributed by atoms with van der Waals surface area (Å²) in [7, 11) is -2.48. The van der Waals surface area contributed by atoms with Crippen molar-refractivity contribution >= 4 is 39.1 Å². The lowest BCUT2D eigenvalue weighted by Gasteiger charge is -2.19. The van der Waals surface area contributed by atoms with Gasteiger partial charge in [0.15, 0.2) is 0 Å². The van der Waals surface area contributed by atoms with Gasteiger partial charge in [-0.2, -0.15) is 0 Å². The van der Waals surface area contributed by atoms with E-state index in [9.17, 15) is 18.0 Å². The highest BCUT2D eigenvalue weighted by Gasteiger charge is 2.18. The molecule has 0 aliphatic rings. The molecule has 9 nitrogen and oxygen atoms in total. The van der Waals surface area contributed by atoms with Gasteiger partial charge in [0.05, 0.1) is 17.7 Å². The first-order valence-electron chi connectivity index (χ1n) is 10.6. The lowest BCUT2D eigenvalue weighted by molar-refractivity contribution is 0.0635. The average molecular weight is 498 g/mol. The Morgan fingerprint density at radius 2 is 1.51 bits per heavy atom. The molecule has 0 unspecified atom stereocenters. The summed E-state index contributed by atoms with van der Waals surface area (Å²) in [6, 6.07) is 18.7. The smallest absolute Gasteiger partial charge is 0.412 e. The van der Waals surface area contributed by atoms with Gasteiger partial charge in [0, 0.05) is 16.9 Å². The second-order valence-corrected chi connectivity index (χ2v) is 10.2. The number of sulfonamides is 1. The Balaban J connectivity index is 1.69. The van der Waals surface area contributed by atoms with Gasteiger partial charge in [0.1, 0.15) is 11.4 Å². The van der Waals surface area contributed by atoms with Crippen LogP contribution in [0, 0.1) is 0 Å². The van der Waals surface area contributed by atoms with Gasteiger partial charge in [0.2, 0.25) is 0 Å². The van der Waals surface area contributed by atoms with E-state index in [0.717, 1.165) is 0 Å². The lowest BCUT2D eigenvalue weighted by atomic mass is 10.2. The van der Waals surface area contributed by atoms with Crippen LogP contribution in [0.3, 0.4) is 0 Å². The fourth-order valence-corrected chi connectivity index (χ4v) is 4.12. The Morgan fingerprint density at radius 1 is 0.829 bits per heavy atom. The fraction of sp³-hybridized carbons (Fsp3) is 0.200. The molecule has 2 amide bonds. The van der Waals surface area contributed by atoms with Gasteiger partial charge in [0.25, 0.3) is 15.9 Å². The summed E-state index contributed by atoms with van der Waals surface area (Å²) >= 11 is 0. The Labute approximate surface area is 204 Å². The number of ether oxygens (including phenoxy) is 2. The molecule has 3 aromatic rings. The number of anilines is 3. The molecule has 0 fully saturated rings. The standard InChI is InChI=1S/C25H27N3O6S/c1-25(2,3)34-24(30)27-18-14-12-17(13-15-18)23(29)26-19-8-7-9-20(16-19)35(31,32)28-21-10-5-6-11-22(21)33-4/h5-16,28H,1-4H3,(H,26,29)(H,27,30). The number of methoxy groups -OCH3 is 1. The van der Waals surface area contributed by atoms with Gasteiger partial charge in [-0.1, -0.05) is 18.2 Å². The van der Waals surface area contributed by atoms with Gasteiger partial charge in [-0.3, -0.25) is 14.8 Å². The van der Waals surface area contributed by atoms with Crippen molar-refractivity contribution in [2.75, 3.05) is 22.5 Å². The van der Waals surface area contributed by atoms with Crippen LogP contribution >= 0.6 is 0 Å². The van der Waals surface area contributed by atoms with E-state index in [1.165, 1.54) is 37.4 Å². The van der Waals surface area contributed by atoms with Gasteiger partial charge in [-0.25, -0.2) is 13.2 Å². The van der Waals surface area contributed by atoms with E-state index in [0.29, 0.717) is 28.4 Å². The lowest BCUT2D eigenvalue weighted by Crippen LogP contribution is -2.27. The van der Waals surface area contributed by atoms with Crippen LogP contribution < -0.4 is 20.1 Å². The van der Waals surface area contributed by atoms with Crippen molar-refractivity contribution in [1.29, 1.82) is 0 Å². The van der Waals surface area contributed by atoms with Crippen LogP contribution in [0.1, 0.15) is 31.1 Å². The number of nitrogens with one attached hydrogen (secondary N) is 3. The second-order valence-electron chi connectivity index (χ2n) is 8.49. The monoisotopic (exact) mass is 497 g/mol. The van der Waals surface area contributed by atoms with Crippen LogP contribution in [-0.4, -0.2) is 33.1 Å². The van der Waals surface area contributed by atoms with E-state index in [2.05, 4.69) is 15.4 Å². The molecule has 3 N–H and O–H groups in total. The first-order valence-corrected chi connectivity index (χ1v) is 12.1. The van der Waals surface area contributed by atoms with Crippen molar-refractivity contribution in [3.63, 3.8) is 0 Å². The summed E-state index contributed by atoms with van der Waals surface area (Å²) in [6.07, 6.45) is -0.602. The first kappa shape index (κ1) is 25.6. The Bertz CT molecular complexity index is 1320. The van der Waals surface area contributed by atoms with Crippen LogP contribution in [0.5, 0.6) is 5.75 Å². The molecule has 0 aliphatic heterocycles. The first-order chi connectivity index (χ1) is 16.5. The predicted octanol–water partition coefficient (Wildman–Crippen LogP) is 5.10. The van der Waals surface area contributed by atoms with Gasteiger partial charge in [-0.05, 0) is 75.4 Å². The zero-order valence-electron chi connectivity index (χ0n) is 19.8. The van der Waals surface area contributed by atoms with Crippen molar-refractivity contribution in [2.24, 2.45) is 0 Å². The predicted molar refractivity (Wildman–Crippen MR) is 134 cm³/mol. The maximum Gasteiger partial charge on any atom is 0.412 e. The molecule has 184 valence electrons. The minimum absolute atomic E-state index is 0.0295. The SMILES string of the molecule is COc1ccccc1NS(=O)(=O)c1cccc(NC(=O)c2ccc(NC(=O)OC(C)(C)C)cc2)c1. The third-order valence-corrected chi connectivity index (χ3v) is 5.91. The highest BCUT2D eigenvalue weighted by atomic mass is 32.2. The third kappa shape index (κ3) is 7.21. The zero-order chi connectivity index (χ0) is 25.6.